The van der Waals surface area contributed by atoms with Crippen LogP contribution in [-0.2, 0) is 6.54 Å². The Kier molecular flexibility index (Phi) is 3.18. The number of aliphatic hydroxyl groups excluding tert-OH is 1. The van der Waals surface area contributed by atoms with Crippen molar-refractivity contribution in [1.82, 2.24) is 10.6 Å². The van der Waals surface area contributed by atoms with Crippen molar-refractivity contribution in [3.05, 3.63) is 24.2 Å². The number of piperidine rings is 1. The summed E-state index contributed by atoms with van der Waals surface area (Å²) < 4.78 is 5.20. The predicted molar refractivity (Wildman–Crippen MR) is 52.8 cm³/mol. The van der Waals surface area contributed by atoms with Gasteiger partial charge in [0.05, 0.1) is 18.9 Å². The van der Waals surface area contributed by atoms with Crippen LogP contribution < -0.4 is 10.6 Å². The van der Waals surface area contributed by atoms with E-state index in [-0.39, 0.29) is 12.1 Å². The molecule has 0 saturated carbocycles. The van der Waals surface area contributed by atoms with Crippen LogP contribution in [0, 0.1) is 0 Å². The Balaban J connectivity index is 1.79. The first-order valence-electron chi connectivity index (χ1n) is 5.01. The minimum atomic E-state index is -0.244. The Morgan fingerprint density at radius 3 is 3.29 bits per heavy atom. The van der Waals surface area contributed by atoms with Gasteiger partial charge in [0.15, 0.2) is 0 Å². The molecular formula is C10H16N2O2. The molecule has 3 N–H and O–H groups in total. The zero-order chi connectivity index (χ0) is 9.80. The van der Waals surface area contributed by atoms with Gasteiger partial charge in [-0.2, -0.15) is 0 Å². The van der Waals surface area contributed by atoms with Crippen LogP contribution in [0.1, 0.15) is 12.2 Å². The molecule has 1 aliphatic heterocycles. The summed E-state index contributed by atoms with van der Waals surface area (Å²) in [6.45, 7) is 2.40. The van der Waals surface area contributed by atoms with Crippen LogP contribution in [0.4, 0.5) is 0 Å². The summed E-state index contributed by atoms with van der Waals surface area (Å²) in [5, 5.41) is 16.2. The molecular weight excluding hydrogens is 180 g/mol. The van der Waals surface area contributed by atoms with Crippen molar-refractivity contribution in [3.8, 4) is 0 Å². The topological polar surface area (TPSA) is 57.4 Å². The lowest BCUT2D eigenvalue weighted by molar-refractivity contribution is 0.0975. The SMILES string of the molecule is O[C@H]1CCNC[C@@H]1NCc1ccco1. The third-order valence-corrected chi connectivity index (χ3v) is 2.56. The lowest BCUT2D eigenvalue weighted by Gasteiger charge is -2.28. The highest BCUT2D eigenvalue weighted by Gasteiger charge is 2.21. The van der Waals surface area contributed by atoms with Crippen molar-refractivity contribution in [1.29, 1.82) is 0 Å². The van der Waals surface area contributed by atoms with E-state index in [1.54, 1.807) is 6.26 Å². The first-order chi connectivity index (χ1) is 6.86. The fourth-order valence-corrected chi connectivity index (χ4v) is 1.70. The van der Waals surface area contributed by atoms with E-state index in [4.69, 9.17) is 4.42 Å². The lowest BCUT2D eigenvalue weighted by atomic mass is 10.0. The monoisotopic (exact) mass is 196 g/mol. The third-order valence-electron chi connectivity index (χ3n) is 2.56. The van der Waals surface area contributed by atoms with Gasteiger partial charge in [0.2, 0.25) is 0 Å². The normalized spacial score (nSPS) is 27.8. The molecule has 1 aromatic rings. The molecule has 0 aromatic carbocycles. The highest BCUT2D eigenvalue weighted by Crippen LogP contribution is 2.05. The van der Waals surface area contributed by atoms with Crippen molar-refractivity contribution in [3.63, 3.8) is 0 Å². The van der Waals surface area contributed by atoms with Crippen molar-refractivity contribution in [2.24, 2.45) is 0 Å². The maximum atomic E-state index is 9.66. The van der Waals surface area contributed by atoms with Crippen molar-refractivity contribution >= 4 is 0 Å². The van der Waals surface area contributed by atoms with Crippen LogP contribution in [0.5, 0.6) is 0 Å². The van der Waals surface area contributed by atoms with Gasteiger partial charge in [-0.05, 0) is 25.1 Å². The molecule has 78 valence electrons. The minimum absolute atomic E-state index is 0.133. The molecule has 1 fully saturated rings. The van der Waals surface area contributed by atoms with E-state index < -0.39 is 0 Å². The average Bonchev–Trinajstić information content (AvgIpc) is 2.69. The van der Waals surface area contributed by atoms with E-state index in [2.05, 4.69) is 10.6 Å². The van der Waals surface area contributed by atoms with Gasteiger partial charge in [-0.3, -0.25) is 0 Å². The van der Waals surface area contributed by atoms with Gasteiger partial charge in [-0.25, -0.2) is 0 Å². The van der Waals surface area contributed by atoms with Gasteiger partial charge in [-0.15, -0.1) is 0 Å². The summed E-state index contributed by atoms with van der Waals surface area (Å²) in [5.74, 6) is 0.905. The fourth-order valence-electron chi connectivity index (χ4n) is 1.70. The van der Waals surface area contributed by atoms with Crippen molar-refractivity contribution in [2.45, 2.75) is 25.1 Å². The highest BCUT2D eigenvalue weighted by molar-refractivity contribution is 4.98. The Bertz CT molecular complexity index is 261. The predicted octanol–water partition coefficient (Wildman–Crippen LogP) is 0.0920. The number of aliphatic hydroxyl groups is 1. The Hall–Kier alpha value is -0.840. The van der Waals surface area contributed by atoms with Gasteiger partial charge in [0.1, 0.15) is 5.76 Å². The van der Waals surface area contributed by atoms with Gasteiger partial charge >= 0.3 is 0 Å². The average molecular weight is 196 g/mol. The molecule has 1 aliphatic rings. The van der Waals surface area contributed by atoms with Crippen molar-refractivity contribution in [2.75, 3.05) is 13.1 Å². The lowest BCUT2D eigenvalue weighted by Crippen LogP contribution is -2.51. The van der Waals surface area contributed by atoms with E-state index in [9.17, 15) is 5.11 Å². The van der Waals surface area contributed by atoms with E-state index in [0.29, 0.717) is 6.54 Å². The van der Waals surface area contributed by atoms with Crippen molar-refractivity contribution < 1.29 is 9.52 Å². The maximum Gasteiger partial charge on any atom is 0.117 e. The molecule has 1 saturated heterocycles. The summed E-state index contributed by atoms with van der Waals surface area (Å²) in [6, 6.07) is 3.93. The fraction of sp³-hybridized carbons (Fsp3) is 0.600. The number of nitrogens with one attached hydrogen (secondary N) is 2. The second-order valence-electron chi connectivity index (χ2n) is 3.63. The molecule has 1 aromatic heterocycles. The Morgan fingerprint density at radius 2 is 2.57 bits per heavy atom. The third kappa shape index (κ3) is 2.35. The van der Waals surface area contributed by atoms with E-state index >= 15 is 0 Å². The molecule has 0 amide bonds. The molecule has 14 heavy (non-hydrogen) atoms. The first-order valence-corrected chi connectivity index (χ1v) is 5.01. The standard InChI is InChI=1S/C10H16N2O2/c13-10-3-4-11-7-9(10)12-6-8-2-1-5-14-8/h1-2,5,9-13H,3-4,6-7H2/t9-,10-/m0/s1. The smallest absolute Gasteiger partial charge is 0.117 e. The summed E-state index contributed by atoms with van der Waals surface area (Å²) in [5.41, 5.74) is 0. The molecule has 4 nitrogen and oxygen atoms in total. The molecule has 2 atom stereocenters. The molecule has 2 rings (SSSR count). The van der Waals surface area contributed by atoms with Gasteiger partial charge in [0.25, 0.3) is 0 Å². The molecule has 0 unspecified atom stereocenters. The van der Waals surface area contributed by atoms with Crippen LogP contribution in [0.2, 0.25) is 0 Å². The van der Waals surface area contributed by atoms with Crippen LogP contribution in [0.15, 0.2) is 22.8 Å². The Labute approximate surface area is 83.3 Å². The number of hydrogen-bond acceptors (Lipinski definition) is 4. The maximum absolute atomic E-state index is 9.66. The molecule has 0 bridgehead atoms. The molecule has 0 aliphatic carbocycles. The zero-order valence-electron chi connectivity index (χ0n) is 8.07. The van der Waals surface area contributed by atoms with E-state index in [1.165, 1.54) is 0 Å². The quantitative estimate of drug-likeness (QED) is 0.641. The summed E-state index contributed by atoms with van der Waals surface area (Å²) in [7, 11) is 0. The van der Waals surface area contributed by atoms with Gasteiger partial charge in [0, 0.05) is 12.6 Å². The molecule has 0 spiro atoms. The largest absolute Gasteiger partial charge is 0.468 e. The summed E-state index contributed by atoms with van der Waals surface area (Å²) >= 11 is 0. The van der Waals surface area contributed by atoms with Crippen LogP contribution in [-0.4, -0.2) is 30.3 Å². The molecule has 4 heteroatoms. The number of rotatable bonds is 3. The number of furan rings is 1. The van der Waals surface area contributed by atoms with Gasteiger partial charge < -0.3 is 20.2 Å². The molecule has 2 heterocycles. The number of hydrogen-bond donors (Lipinski definition) is 3. The summed E-state index contributed by atoms with van der Waals surface area (Å²) in [6.07, 6.45) is 2.23. The van der Waals surface area contributed by atoms with E-state index in [0.717, 1.165) is 25.3 Å². The van der Waals surface area contributed by atoms with Crippen LogP contribution in [0.25, 0.3) is 0 Å². The second kappa shape index (κ2) is 4.59. The van der Waals surface area contributed by atoms with Crippen LogP contribution >= 0.6 is 0 Å². The van der Waals surface area contributed by atoms with Gasteiger partial charge in [-0.1, -0.05) is 0 Å². The second-order valence-corrected chi connectivity index (χ2v) is 3.63. The Morgan fingerprint density at radius 1 is 1.64 bits per heavy atom. The summed E-state index contributed by atoms with van der Waals surface area (Å²) in [4.78, 5) is 0. The molecule has 0 radical (unpaired) electrons. The van der Waals surface area contributed by atoms with Crippen LogP contribution in [0.3, 0.4) is 0 Å². The zero-order valence-corrected chi connectivity index (χ0v) is 8.07. The minimum Gasteiger partial charge on any atom is -0.468 e. The van der Waals surface area contributed by atoms with E-state index in [1.807, 2.05) is 12.1 Å². The first kappa shape index (κ1) is 9.71. The highest BCUT2D eigenvalue weighted by atomic mass is 16.3.